The maximum Gasteiger partial charge on any atom is 0.259 e. The zero-order valence-corrected chi connectivity index (χ0v) is 12.4. The highest BCUT2D eigenvalue weighted by molar-refractivity contribution is 6.16. The molecule has 5 rings (SSSR count). The fourth-order valence-corrected chi connectivity index (χ4v) is 3.18. The van der Waals surface area contributed by atoms with E-state index in [1.165, 1.54) is 0 Å². The first-order valence-electron chi connectivity index (χ1n) is 7.76. The molecular weight excluding hydrogens is 288 g/mol. The van der Waals surface area contributed by atoms with Crippen LogP contribution in [0.15, 0.2) is 48.8 Å². The number of nitrogens with one attached hydrogen (secondary N) is 1. The second-order valence-corrected chi connectivity index (χ2v) is 5.97. The minimum absolute atomic E-state index is 0.129. The molecule has 5 nitrogen and oxygen atoms in total. The number of benzene rings is 1. The van der Waals surface area contributed by atoms with Gasteiger partial charge in [-0.2, -0.15) is 0 Å². The number of nitrogens with zero attached hydrogens (tertiary/aromatic N) is 3. The normalized spacial score (nSPS) is 16.5. The van der Waals surface area contributed by atoms with Crippen molar-refractivity contribution in [2.24, 2.45) is 0 Å². The number of hydrogen-bond acceptors (Lipinski definition) is 4. The van der Waals surface area contributed by atoms with Gasteiger partial charge in [0.1, 0.15) is 5.82 Å². The van der Waals surface area contributed by atoms with E-state index in [2.05, 4.69) is 20.2 Å². The van der Waals surface area contributed by atoms with Crippen molar-refractivity contribution in [1.29, 1.82) is 0 Å². The zero-order valence-electron chi connectivity index (χ0n) is 12.4. The number of aromatic nitrogens is 2. The van der Waals surface area contributed by atoms with Crippen molar-refractivity contribution in [3.63, 3.8) is 0 Å². The number of rotatable bonds is 1. The smallest absolute Gasteiger partial charge is 0.259 e. The Hall–Kier alpha value is -2.95. The molecule has 0 radical (unpaired) electrons. The lowest BCUT2D eigenvalue weighted by Crippen LogP contribution is -2.22. The van der Waals surface area contributed by atoms with Gasteiger partial charge in [0, 0.05) is 29.2 Å². The number of carbonyl (C=O) groups excluding carboxylic acids is 1. The van der Waals surface area contributed by atoms with Gasteiger partial charge in [-0.05, 0) is 25.0 Å². The molecule has 0 atom stereocenters. The minimum Gasteiger partial charge on any atom is -0.318 e. The summed E-state index contributed by atoms with van der Waals surface area (Å²) in [6, 6.07) is 12.0. The van der Waals surface area contributed by atoms with Gasteiger partial charge in [-0.15, -0.1) is 0 Å². The Morgan fingerprint density at radius 2 is 1.91 bits per heavy atom. The molecule has 23 heavy (non-hydrogen) atoms. The highest BCUT2D eigenvalue weighted by Gasteiger charge is 2.38. The van der Waals surface area contributed by atoms with Gasteiger partial charge in [-0.25, -0.2) is 9.97 Å². The van der Waals surface area contributed by atoms with Crippen LogP contribution in [-0.4, -0.2) is 21.9 Å². The topological polar surface area (TPSA) is 58.1 Å². The zero-order chi connectivity index (χ0) is 15.4. The van der Waals surface area contributed by atoms with E-state index >= 15 is 0 Å². The first-order valence-corrected chi connectivity index (χ1v) is 7.76. The molecule has 1 aliphatic heterocycles. The van der Waals surface area contributed by atoms with E-state index in [0.29, 0.717) is 17.4 Å². The van der Waals surface area contributed by atoms with Crippen LogP contribution in [0.3, 0.4) is 0 Å². The van der Waals surface area contributed by atoms with Crippen molar-refractivity contribution in [2.45, 2.75) is 18.9 Å². The predicted molar refractivity (Wildman–Crippen MR) is 89.1 cm³/mol. The molecule has 3 aromatic rings. The Morgan fingerprint density at radius 3 is 2.78 bits per heavy atom. The third kappa shape index (κ3) is 1.83. The van der Waals surface area contributed by atoms with Crippen molar-refractivity contribution < 1.29 is 4.79 Å². The Kier molecular flexibility index (Phi) is 2.47. The number of carbonyl (C=O) groups is 1. The largest absolute Gasteiger partial charge is 0.318 e. The lowest BCUT2D eigenvalue weighted by Gasteiger charge is -2.23. The quantitative estimate of drug-likeness (QED) is 0.747. The van der Waals surface area contributed by atoms with Crippen LogP contribution >= 0.6 is 0 Å². The molecule has 1 N–H and O–H groups in total. The molecule has 1 fully saturated rings. The Morgan fingerprint density at radius 1 is 1.04 bits per heavy atom. The average molecular weight is 302 g/mol. The third-order valence-electron chi connectivity index (χ3n) is 4.42. The van der Waals surface area contributed by atoms with Gasteiger partial charge in [-0.1, -0.05) is 24.3 Å². The average Bonchev–Trinajstić information content (AvgIpc) is 3.42. The van der Waals surface area contributed by atoms with Crippen LogP contribution in [0.2, 0.25) is 0 Å². The summed E-state index contributed by atoms with van der Waals surface area (Å²) in [6.07, 6.45) is 5.79. The molecule has 0 saturated heterocycles. The number of pyridine rings is 2. The molecule has 1 aromatic carbocycles. The summed E-state index contributed by atoms with van der Waals surface area (Å²) in [7, 11) is 0. The second-order valence-electron chi connectivity index (χ2n) is 5.97. The van der Waals surface area contributed by atoms with E-state index in [1.807, 2.05) is 36.5 Å². The van der Waals surface area contributed by atoms with E-state index < -0.39 is 0 Å². The van der Waals surface area contributed by atoms with Crippen molar-refractivity contribution in [2.75, 3.05) is 10.2 Å². The summed E-state index contributed by atoms with van der Waals surface area (Å²) in [5.74, 6) is 1.36. The summed E-state index contributed by atoms with van der Waals surface area (Å²) in [4.78, 5) is 23.9. The molecule has 2 aromatic heterocycles. The summed E-state index contributed by atoms with van der Waals surface area (Å²) in [5.41, 5.74) is 1.37. The van der Waals surface area contributed by atoms with Crippen LogP contribution in [0.4, 0.5) is 17.3 Å². The highest BCUT2D eigenvalue weighted by Crippen LogP contribution is 2.44. The number of amides is 1. The summed E-state index contributed by atoms with van der Waals surface area (Å²) >= 11 is 0. The molecule has 1 saturated carbocycles. The van der Waals surface area contributed by atoms with Gasteiger partial charge in [0.15, 0.2) is 5.82 Å². The molecule has 5 heteroatoms. The van der Waals surface area contributed by atoms with Crippen molar-refractivity contribution >= 4 is 34.0 Å². The fraction of sp³-hybridized carbons (Fsp3) is 0.167. The van der Waals surface area contributed by atoms with Gasteiger partial charge in [0.25, 0.3) is 5.91 Å². The van der Waals surface area contributed by atoms with E-state index in [-0.39, 0.29) is 5.91 Å². The highest BCUT2D eigenvalue weighted by atomic mass is 16.1. The third-order valence-corrected chi connectivity index (χ3v) is 4.42. The number of fused-ring (bicyclic) bond motifs is 4. The van der Waals surface area contributed by atoms with Crippen LogP contribution in [0.25, 0.3) is 10.8 Å². The lowest BCUT2D eigenvalue weighted by atomic mass is 10.1. The van der Waals surface area contributed by atoms with E-state index in [0.717, 1.165) is 35.1 Å². The molecule has 1 aliphatic carbocycles. The summed E-state index contributed by atoms with van der Waals surface area (Å²) < 4.78 is 0. The molecule has 0 bridgehead atoms. The molecule has 1 amide bonds. The first-order chi connectivity index (χ1) is 11.3. The molecule has 3 heterocycles. The van der Waals surface area contributed by atoms with Gasteiger partial charge < -0.3 is 10.2 Å². The van der Waals surface area contributed by atoms with E-state index in [1.54, 1.807) is 12.3 Å². The fourth-order valence-electron chi connectivity index (χ4n) is 3.18. The Labute approximate surface area is 133 Å². The Balaban J connectivity index is 1.84. The van der Waals surface area contributed by atoms with Gasteiger partial charge in [-0.3, -0.25) is 4.79 Å². The maximum absolute atomic E-state index is 12.7. The van der Waals surface area contributed by atoms with Gasteiger partial charge >= 0.3 is 0 Å². The minimum atomic E-state index is -0.129. The van der Waals surface area contributed by atoms with Crippen LogP contribution in [-0.2, 0) is 0 Å². The lowest BCUT2D eigenvalue weighted by molar-refractivity contribution is 0.102. The second kappa shape index (κ2) is 4.52. The predicted octanol–water partition coefficient (Wildman–Crippen LogP) is 3.50. The molecule has 2 aliphatic rings. The SMILES string of the molecule is O=C1Nc2c(ncc3ccccc23)N(C2CC2)c2ncccc21. The van der Waals surface area contributed by atoms with Crippen LogP contribution in [0.5, 0.6) is 0 Å². The summed E-state index contributed by atoms with van der Waals surface area (Å²) in [5, 5.41) is 5.07. The van der Waals surface area contributed by atoms with E-state index in [4.69, 9.17) is 0 Å². The number of anilines is 3. The van der Waals surface area contributed by atoms with Crippen LogP contribution in [0.1, 0.15) is 23.2 Å². The van der Waals surface area contributed by atoms with Crippen LogP contribution < -0.4 is 10.2 Å². The standard InChI is InChI=1S/C18H14N4O/c23-18-14-6-3-9-19-16(14)22(12-7-8-12)17-15(21-18)13-5-2-1-4-11(13)10-20-17/h1-6,9-10,12H,7-8H2,(H,21,23). The molecular formula is C18H14N4O. The Bertz CT molecular complexity index is 949. The van der Waals surface area contributed by atoms with E-state index in [9.17, 15) is 4.79 Å². The summed E-state index contributed by atoms with van der Waals surface area (Å²) in [6.45, 7) is 0. The maximum atomic E-state index is 12.7. The van der Waals surface area contributed by atoms with Crippen molar-refractivity contribution in [3.05, 3.63) is 54.4 Å². The first kappa shape index (κ1) is 12.6. The molecule has 0 spiro atoms. The number of hydrogen-bond donors (Lipinski definition) is 1. The van der Waals surface area contributed by atoms with Gasteiger partial charge in [0.2, 0.25) is 0 Å². The monoisotopic (exact) mass is 302 g/mol. The van der Waals surface area contributed by atoms with Crippen molar-refractivity contribution in [1.82, 2.24) is 9.97 Å². The van der Waals surface area contributed by atoms with Gasteiger partial charge in [0.05, 0.1) is 11.3 Å². The molecule has 0 unspecified atom stereocenters. The van der Waals surface area contributed by atoms with Crippen LogP contribution in [0, 0.1) is 0 Å². The molecule has 112 valence electrons. The van der Waals surface area contributed by atoms with Crippen molar-refractivity contribution in [3.8, 4) is 0 Å².